The predicted molar refractivity (Wildman–Crippen MR) is 133 cm³/mol. The van der Waals surface area contributed by atoms with Crippen LogP contribution in [-0.2, 0) is 21.5 Å². The monoisotopic (exact) mass is 489 g/mol. The number of urea groups is 1. The van der Waals surface area contributed by atoms with E-state index in [1.165, 1.54) is 0 Å². The third-order valence-corrected chi connectivity index (χ3v) is 6.62. The maximum Gasteiger partial charge on any atom is 0.325 e. The van der Waals surface area contributed by atoms with E-state index >= 15 is 0 Å². The lowest BCUT2D eigenvalue weighted by Crippen LogP contribution is -2.44. The molecule has 3 aromatic rings. The number of halogens is 1. The van der Waals surface area contributed by atoms with E-state index in [9.17, 15) is 14.4 Å². The fourth-order valence-electron chi connectivity index (χ4n) is 4.75. The van der Waals surface area contributed by atoms with Crippen LogP contribution in [0.5, 0.6) is 11.5 Å². The Morgan fingerprint density at radius 3 is 2.63 bits per heavy atom. The predicted octanol–water partition coefficient (Wildman–Crippen LogP) is 5.24. The number of amides is 4. The number of aryl methyl sites for hydroxylation is 1. The zero-order valence-corrected chi connectivity index (χ0v) is 19.7. The summed E-state index contributed by atoms with van der Waals surface area (Å²) in [5.41, 5.74) is 1.06. The number of imide groups is 1. The number of benzene rings is 3. The summed E-state index contributed by atoms with van der Waals surface area (Å²) < 4.78 is 5.89. The van der Waals surface area contributed by atoms with E-state index in [0.29, 0.717) is 28.6 Å². The number of fused-ring (bicyclic) bond motifs is 2. The average Bonchev–Trinajstić information content (AvgIpc) is 2.98. The number of anilines is 1. The van der Waals surface area contributed by atoms with Gasteiger partial charge in [0, 0.05) is 5.02 Å². The first-order valence-corrected chi connectivity index (χ1v) is 11.9. The van der Waals surface area contributed by atoms with Gasteiger partial charge in [-0.3, -0.25) is 14.5 Å². The molecule has 0 aromatic heterocycles. The normalized spacial score (nSPS) is 19.2. The van der Waals surface area contributed by atoms with Crippen molar-refractivity contribution >= 4 is 35.1 Å². The van der Waals surface area contributed by atoms with Gasteiger partial charge in [-0.05, 0) is 67.1 Å². The van der Waals surface area contributed by atoms with Gasteiger partial charge >= 0.3 is 6.03 Å². The molecule has 1 aliphatic carbocycles. The molecular weight excluding hydrogens is 466 g/mol. The molecule has 1 heterocycles. The Labute approximate surface area is 208 Å². The van der Waals surface area contributed by atoms with Gasteiger partial charge in [-0.25, -0.2) is 4.79 Å². The quantitative estimate of drug-likeness (QED) is 0.479. The van der Waals surface area contributed by atoms with Crippen LogP contribution in [0.4, 0.5) is 10.5 Å². The minimum Gasteiger partial charge on any atom is -0.455 e. The molecule has 2 N–H and O–H groups in total. The second-order valence-corrected chi connectivity index (χ2v) is 9.13. The molecule has 7 nitrogen and oxygen atoms in total. The molecule has 0 saturated carbocycles. The maximum atomic E-state index is 13.6. The van der Waals surface area contributed by atoms with Gasteiger partial charge in [0.05, 0.1) is 5.69 Å². The van der Waals surface area contributed by atoms with Gasteiger partial charge in [0.2, 0.25) is 5.91 Å². The molecule has 1 atom stereocenters. The van der Waals surface area contributed by atoms with Crippen LogP contribution >= 0.6 is 11.6 Å². The minimum atomic E-state index is -1.14. The summed E-state index contributed by atoms with van der Waals surface area (Å²) in [5, 5.41) is 6.05. The standard InChI is InChI=1S/C27H24ClN3O4/c28-19-13-14-23(35-20-10-2-1-3-11-20)22(16-19)29-24(32)17-31-25(33)27(30-26(31)34)15-7-6-9-18-8-4-5-12-21(18)27/h1-5,8,10-14,16H,6-7,9,15,17H2,(H,29,32)(H,30,34)/t27-/m1/s1. The summed E-state index contributed by atoms with van der Waals surface area (Å²) in [6.45, 7) is -0.425. The van der Waals surface area contributed by atoms with Crippen LogP contribution in [0.3, 0.4) is 0 Å². The highest BCUT2D eigenvalue weighted by molar-refractivity contribution is 6.31. The highest BCUT2D eigenvalue weighted by Gasteiger charge is 2.53. The molecule has 35 heavy (non-hydrogen) atoms. The van der Waals surface area contributed by atoms with Crippen molar-refractivity contribution in [2.45, 2.75) is 31.2 Å². The van der Waals surface area contributed by atoms with Crippen molar-refractivity contribution in [2.75, 3.05) is 11.9 Å². The van der Waals surface area contributed by atoms with Crippen LogP contribution in [-0.4, -0.2) is 29.3 Å². The number of para-hydroxylation sites is 1. The molecule has 1 fully saturated rings. The van der Waals surface area contributed by atoms with Gasteiger partial charge in [0.15, 0.2) is 5.75 Å². The fraction of sp³-hybridized carbons (Fsp3) is 0.222. The molecule has 178 valence electrons. The summed E-state index contributed by atoms with van der Waals surface area (Å²) in [7, 11) is 0. The van der Waals surface area contributed by atoms with Crippen molar-refractivity contribution in [1.82, 2.24) is 10.2 Å². The Kier molecular flexibility index (Phi) is 6.17. The van der Waals surface area contributed by atoms with Crippen LogP contribution < -0.4 is 15.4 Å². The summed E-state index contributed by atoms with van der Waals surface area (Å²) in [5.74, 6) is 0.0418. The van der Waals surface area contributed by atoms with Crippen LogP contribution in [0.25, 0.3) is 0 Å². The van der Waals surface area contributed by atoms with E-state index in [2.05, 4.69) is 10.6 Å². The lowest BCUT2D eigenvalue weighted by Gasteiger charge is -2.27. The van der Waals surface area contributed by atoms with Crippen LogP contribution in [0.15, 0.2) is 72.8 Å². The van der Waals surface area contributed by atoms with Crippen molar-refractivity contribution in [3.05, 3.63) is 88.9 Å². The van der Waals surface area contributed by atoms with E-state index in [0.717, 1.165) is 35.3 Å². The molecular formula is C27H24ClN3O4. The van der Waals surface area contributed by atoms with Crippen LogP contribution in [0.1, 0.15) is 30.4 Å². The van der Waals surface area contributed by atoms with Crippen LogP contribution in [0.2, 0.25) is 5.02 Å². The van der Waals surface area contributed by atoms with E-state index in [-0.39, 0.29) is 0 Å². The molecule has 5 rings (SSSR count). The topological polar surface area (TPSA) is 87.7 Å². The zero-order chi connectivity index (χ0) is 24.4. The van der Waals surface area contributed by atoms with Gasteiger partial charge in [0.1, 0.15) is 17.8 Å². The molecule has 8 heteroatoms. The molecule has 0 unspecified atom stereocenters. The summed E-state index contributed by atoms with van der Waals surface area (Å²) >= 11 is 6.15. The van der Waals surface area contributed by atoms with E-state index in [1.54, 1.807) is 30.3 Å². The average molecular weight is 490 g/mol. The van der Waals surface area contributed by atoms with Crippen molar-refractivity contribution in [1.29, 1.82) is 0 Å². The number of hydrogen-bond donors (Lipinski definition) is 2. The third kappa shape index (κ3) is 4.47. The van der Waals surface area contributed by atoms with E-state index in [1.807, 2.05) is 42.5 Å². The molecule has 1 spiro atoms. The van der Waals surface area contributed by atoms with Gasteiger partial charge in [-0.15, -0.1) is 0 Å². The molecule has 3 aromatic carbocycles. The fourth-order valence-corrected chi connectivity index (χ4v) is 4.93. The lowest BCUT2D eigenvalue weighted by molar-refractivity contribution is -0.134. The third-order valence-electron chi connectivity index (χ3n) is 6.39. The molecule has 1 aliphatic heterocycles. The molecule has 0 radical (unpaired) electrons. The number of nitrogens with one attached hydrogen (secondary N) is 2. The van der Waals surface area contributed by atoms with Crippen molar-refractivity contribution < 1.29 is 19.1 Å². The molecule has 4 amide bonds. The highest BCUT2D eigenvalue weighted by atomic mass is 35.5. The van der Waals surface area contributed by atoms with E-state index < -0.39 is 29.9 Å². The van der Waals surface area contributed by atoms with Gasteiger partial charge in [-0.1, -0.05) is 54.1 Å². The van der Waals surface area contributed by atoms with Crippen molar-refractivity contribution in [2.24, 2.45) is 0 Å². The number of carbonyl (C=O) groups excluding carboxylic acids is 3. The van der Waals surface area contributed by atoms with E-state index in [4.69, 9.17) is 16.3 Å². The largest absolute Gasteiger partial charge is 0.455 e. The first kappa shape index (κ1) is 22.9. The zero-order valence-electron chi connectivity index (χ0n) is 18.9. The van der Waals surface area contributed by atoms with Crippen molar-refractivity contribution in [3.8, 4) is 11.5 Å². The lowest BCUT2D eigenvalue weighted by atomic mass is 9.84. The SMILES string of the molecule is O=C(CN1C(=O)N[C@@]2(CCCCc3ccccc32)C1=O)Nc1cc(Cl)ccc1Oc1ccccc1. The second-order valence-electron chi connectivity index (χ2n) is 8.69. The number of rotatable bonds is 5. The summed E-state index contributed by atoms with van der Waals surface area (Å²) in [4.78, 5) is 40.4. The van der Waals surface area contributed by atoms with Gasteiger partial charge < -0.3 is 15.4 Å². The Balaban J connectivity index is 1.36. The smallest absolute Gasteiger partial charge is 0.325 e. The van der Waals surface area contributed by atoms with Gasteiger partial charge in [-0.2, -0.15) is 0 Å². The summed E-state index contributed by atoms with van der Waals surface area (Å²) in [6, 6.07) is 21.1. The highest BCUT2D eigenvalue weighted by Crippen LogP contribution is 2.39. The molecule has 2 aliphatic rings. The Hall–Kier alpha value is -3.84. The molecule has 1 saturated heterocycles. The Morgan fingerprint density at radius 2 is 1.80 bits per heavy atom. The number of hydrogen-bond acceptors (Lipinski definition) is 4. The number of carbonyl (C=O) groups is 3. The number of nitrogens with zero attached hydrogens (tertiary/aromatic N) is 1. The Bertz CT molecular complexity index is 1300. The first-order valence-electron chi connectivity index (χ1n) is 11.5. The molecule has 0 bridgehead atoms. The maximum absolute atomic E-state index is 13.6. The minimum absolute atomic E-state index is 0.341. The van der Waals surface area contributed by atoms with Crippen LogP contribution in [0, 0.1) is 0 Å². The Morgan fingerprint density at radius 1 is 1.03 bits per heavy atom. The first-order chi connectivity index (χ1) is 17.0. The van der Waals surface area contributed by atoms with Gasteiger partial charge in [0.25, 0.3) is 5.91 Å². The number of ether oxygens (including phenoxy) is 1. The second kappa shape index (κ2) is 9.43. The summed E-state index contributed by atoms with van der Waals surface area (Å²) in [6.07, 6.45) is 3.07. The van der Waals surface area contributed by atoms with Crippen molar-refractivity contribution in [3.63, 3.8) is 0 Å².